The zero-order chi connectivity index (χ0) is 14.5. The van der Waals surface area contributed by atoms with Crippen LogP contribution in [0, 0.1) is 6.92 Å². The summed E-state index contributed by atoms with van der Waals surface area (Å²) in [6.45, 7) is 3.49. The number of nitrogens with one attached hydrogen (secondary N) is 1. The molecule has 3 aromatic heterocycles. The molecule has 3 rings (SSSR count). The Labute approximate surface area is 127 Å². The number of pyridine rings is 2. The highest BCUT2D eigenvalue weighted by atomic mass is 32.1. The van der Waals surface area contributed by atoms with Crippen LogP contribution in [-0.4, -0.2) is 15.0 Å². The molecule has 0 aliphatic rings. The van der Waals surface area contributed by atoms with Crippen molar-refractivity contribution in [3.63, 3.8) is 0 Å². The molecular weight excluding hydrogens is 280 g/mol. The molecule has 3 aromatic rings. The predicted molar refractivity (Wildman–Crippen MR) is 84.9 cm³/mol. The molecule has 21 heavy (non-hydrogen) atoms. The fourth-order valence-corrected chi connectivity index (χ4v) is 2.81. The molecule has 3 heterocycles. The molecular formula is C16H16N4S. The predicted octanol–water partition coefficient (Wildman–Crippen LogP) is 3.20. The summed E-state index contributed by atoms with van der Waals surface area (Å²) in [6, 6.07) is 11.9. The average Bonchev–Trinajstić information content (AvgIpc) is 2.97. The van der Waals surface area contributed by atoms with Crippen LogP contribution in [0.5, 0.6) is 0 Å². The summed E-state index contributed by atoms with van der Waals surface area (Å²) in [6.07, 6.45) is 1.79. The minimum Gasteiger partial charge on any atom is -0.305 e. The number of hydrogen-bond acceptors (Lipinski definition) is 5. The minimum absolute atomic E-state index is 0.735. The molecule has 0 atom stereocenters. The normalized spacial score (nSPS) is 10.7. The molecule has 0 unspecified atom stereocenters. The van der Waals surface area contributed by atoms with E-state index in [2.05, 4.69) is 25.6 Å². The van der Waals surface area contributed by atoms with Crippen molar-refractivity contribution in [1.29, 1.82) is 0 Å². The van der Waals surface area contributed by atoms with E-state index < -0.39 is 0 Å². The summed E-state index contributed by atoms with van der Waals surface area (Å²) in [4.78, 5) is 13.4. The average molecular weight is 296 g/mol. The molecule has 106 valence electrons. The fraction of sp³-hybridized carbons (Fsp3) is 0.188. The molecule has 0 saturated carbocycles. The standard InChI is InChI=1S/C16H16N4S/c1-12-5-4-6-13(19-12)9-17-10-14-11-21-16(20-14)15-7-2-3-8-18-15/h2-8,11,17H,9-10H2,1H3. The number of aryl methyl sites for hydroxylation is 1. The summed E-state index contributed by atoms with van der Waals surface area (Å²) in [5.41, 5.74) is 4.05. The third-order valence-electron chi connectivity index (χ3n) is 2.99. The maximum Gasteiger partial charge on any atom is 0.142 e. The van der Waals surface area contributed by atoms with Gasteiger partial charge >= 0.3 is 0 Å². The minimum atomic E-state index is 0.735. The first-order chi connectivity index (χ1) is 10.3. The van der Waals surface area contributed by atoms with E-state index in [-0.39, 0.29) is 0 Å². The van der Waals surface area contributed by atoms with E-state index in [1.165, 1.54) is 0 Å². The first-order valence-electron chi connectivity index (χ1n) is 6.80. The second kappa shape index (κ2) is 6.56. The molecule has 1 N–H and O–H groups in total. The number of nitrogens with zero attached hydrogens (tertiary/aromatic N) is 3. The van der Waals surface area contributed by atoms with Crippen LogP contribution < -0.4 is 5.32 Å². The Morgan fingerprint density at radius 2 is 1.90 bits per heavy atom. The Morgan fingerprint density at radius 1 is 1.00 bits per heavy atom. The van der Waals surface area contributed by atoms with Crippen LogP contribution in [0.3, 0.4) is 0 Å². The van der Waals surface area contributed by atoms with Gasteiger partial charge in [-0.2, -0.15) is 0 Å². The second-order valence-corrected chi connectivity index (χ2v) is 5.59. The van der Waals surface area contributed by atoms with Crippen LogP contribution in [0.25, 0.3) is 10.7 Å². The van der Waals surface area contributed by atoms with Crippen LogP contribution in [0.15, 0.2) is 48.0 Å². The van der Waals surface area contributed by atoms with Crippen molar-refractivity contribution in [1.82, 2.24) is 20.3 Å². The van der Waals surface area contributed by atoms with Crippen molar-refractivity contribution in [3.8, 4) is 10.7 Å². The Hall–Kier alpha value is -2.11. The molecule has 4 nitrogen and oxygen atoms in total. The molecule has 0 saturated heterocycles. The lowest BCUT2D eigenvalue weighted by Crippen LogP contribution is -2.14. The third kappa shape index (κ3) is 3.71. The fourth-order valence-electron chi connectivity index (χ4n) is 2.01. The van der Waals surface area contributed by atoms with Gasteiger partial charge in [0.25, 0.3) is 0 Å². The van der Waals surface area contributed by atoms with Crippen LogP contribution in [0.1, 0.15) is 17.1 Å². The first kappa shape index (κ1) is 13.9. The Bertz CT molecular complexity index is 709. The SMILES string of the molecule is Cc1cccc(CNCc2csc(-c3ccccn3)n2)n1. The number of hydrogen-bond donors (Lipinski definition) is 1. The van der Waals surface area contributed by atoms with Gasteiger partial charge in [0.1, 0.15) is 5.01 Å². The van der Waals surface area contributed by atoms with Gasteiger partial charge in [-0.1, -0.05) is 12.1 Å². The van der Waals surface area contributed by atoms with Crippen molar-refractivity contribution >= 4 is 11.3 Å². The van der Waals surface area contributed by atoms with Gasteiger partial charge in [0.15, 0.2) is 0 Å². The molecule has 0 aliphatic heterocycles. The molecule has 0 aromatic carbocycles. The molecule has 0 aliphatic carbocycles. The summed E-state index contributed by atoms with van der Waals surface area (Å²) in [7, 11) is 0. The van der Waals surface area contributed by atoms with Gasteiger partial charge in [-0.05, 0) is 31.2 Å². The molecule has 0 radical (unpaired) electrons. The smallest absolute Gasteiger partial charge is 0.142 e. The maximum atomic E-state index is 4.60. The molecule has 0 spiro atoms. The number of thiazole rings is 1. The van der Waals surface area contributed by atoms with E-state index in [1.807, 2.05) is 43.3 Å². The highest BCUT2D eigenvalue weighted by Crippen LogP contribution is 2.21. The van der Waals surface area contributed by atoms with Crippen molar-refractivity contribution in [3.05, 3.63) is 65.1 Å². The Kier molecular flexibility index (Phi) is 4.33. The topological polar surface area (TPSA) is 50.7 Å². The van der Waals surface area contributed by atoms with Gasteiger partial charge in [-0.25, -0.2) is 4.98 Å². The van der Waals surface area contributed by atoms with Gasteiger partial charge < -0.3 is 5.32 Å². The first-order valence-corrected chi connectivity index (χ1v) is 7.68. The van der Waals surface area contributed by atoms with Gasteiger partial charge in [-0.3, -0.25) is 9.97 Å². The molecule has 0 amide bonds. The van der Waals surface area contributed by atoms with Crippen LogP contribution in [0.4, 0.5) is 0 Å². The van der Waals surface area contributed by atoms with Gasteiger partial charge in [-0.15, -0.1) is 11.3 Å². The zero-order valence-electron chi connectivity index (χ0n) is 11.8. The molecule has 5 heteroatoms. The van der Waals surface area contributed by atoms with Crippen molar-refractivity contribution in [2.75, 3.05) is 0 Å². The highest BCUT2D eigenvalue weighted by Gasteiger charge is 2.05. The lowest BCUT2D eigenvalue weighted by molar-refractivity contribution is 0.669. The summed E-state index contributed by atoms with van der Waals surface area (Å²) < 4.78 is 0. The van der Waals surface area contributed by atoms with Gasteiger partial charge in [0.2, 0.25) is 0 Å². The van der Waals surface area contributed by atoms with Crippen molar-refractivity contribution in [2.24, 2.45) is 0 Å². The monoisotopic (exact) mass is 296 g/mol. The quantitative estimate of drug-likeness (QED) is 0.785. The molecule has 0 fully saturated rings. The van der Waals surface area contributed by atoms with Crippen molar-refractivity contribution < 1.29 is 0 Å². The van der Waals surface area contributed by atoms with Gasteiger partial charge in [0, 0.05) is 30.4 Å². The van der Waals surface area contributed by atoms with E-state index in [4.69, 9.17) is 0 Å². The third-order valence-corrected chi connectivity index (χ3v) is 3.91. The van der Waals surface area contributed by atoms with Crippen LogP contribution >= 0.6 is 11.3 Å². The van der Waals surface area contributed by atoms with Gasteiger partial charge in [0.05, 0.1) is 17.1 Å². The van der Waals surface area contributed by atoms with E-state index in [1.54, 1.807) is 17.5 Å². The largest absolute Gasteiger partial charge is 0.305 e. The summed E-state index contributed by atoms with van der Waals surface area (Å²) in [5.74, 6) is 0. The van der Waals surface area contributed by atoms with Crippen molar-refractivity contribution in [2.45, 2.75) is 20.0 Å². The van der Waals surface area contributed by atoms with E-state index in [9.17, 15) is 0 Å². The zero-order valence-corrected chi connectivity index (χ0v) is 12.6. The summed E-state index contributed by atoms with van der Waals surface area (Å²) in [5, 5.41) is 6.40. The Balaban J connectivity index is 1.58. The number of aromatic nitrogens is 3. The van der Waals surface area contributed by atoms with E-state index in [0.717, 1.165) is 40.9 Å². The highest BCUT2D eigenvalue weighted by molar-refractivity contribution is 7.13. The molecule has 0 bridgehead atoms. The summed E-state index contributed by atoms with van der Waals surface area (Å²) >= 11 is 1.62. The maximum absolute atomic E-state index is 4.60. The lowest BCUT2D eigenvalue weighted by atomic mass is 10.3. The van der Waals surface area contributed by atoms with E-state index >= 15 is 0 Å². The second-order valence-electron chi connectivity index (χ2n) is 4.73. The Morgan fingerprint density at radius 3 is 2.71 bits per heavy atom. The van der Waals surface area contributed by atoms with E-state index in [0.29, 0.717) is 0 Å². The number of rotatable bonds is 5. The lowest BCUT2D eigenvalue weighted by Gasteiger charge is -2.03. The van der Waals surface area contributed by atoms with Crippen LogP contribution in [-0.2, 0) is 13.1 Å². The van der Waals surface area contributed by atoms with Crippen LogP contribution in [0.2, 0.25) is 0 Å².